The van der Waals surface area contributed by atoms with E-state index in [0.717, 1.165) is 12.0 Å². The zero-order valence-corrected chi connectivity index (χ0v) is 13.0. The van der Waals surface area contributed by atoms with Gasteiger partial charge in [-0.05, 0) is 18.9 Å². The second kappa shape index (κ2) is 6.75. The lowest BCUT2D eigenvalue weighted by Gasteiger charge is -2.19. The van der Waals surface area contributed by atoms with Crippen molar-refractivity contribution in [3.05, 3.63) is 54.1 Å². The van der Waals surface area contributed by atoms with E-state index in [2.05, 4.69) is 4.98 Å². The van der Waals surface area contributed by atoms with E-state index in [0.29, 0.717) is 18.7 Å². The molecule has 1 aromatic carbocycles. The minimum Gasteiger partial charge on any atom is -1.00 e. The summed E-state index contributed by atoms with van der Waals surface area (Å²) in [6.45, 7) is 2.52. The number of imidazole rings is 1. The van der Waals surface area contributed by atoms with Gasteiger partial charge in [0.1, 0.15) is 5.69 Å². The Labute approximate surface area is 136 Å². The van der Waals surface area contributed by atoms with Crippen molar-refractivity contribution in [2.45, 2.75) is 25.8 Å². The minimum absolute atomic E-state index is 0. The lowest BCUT2D eigenvalue weighted by atomic mass is 10.1. The number of likely N-dealkylation sites (tertiary alicyclic amines) is 1. The number of amides is 2. The van der Waals surface area contributed by atoms with Crippen molar-refractivity contribution >= 4 is 11.8 Å². The summed E-state index contributed by atoms with van der Waals surface area (Å²) in [4.78, 5) is 29.7. The van der Waals surface area contributed by atoms with Crippen LogP contribution in [0.25, 0.3) is 0 Å². The first kappa shape index (κ1) is 16.2. The van der Waals surface area contributed by atoms with Gasteiger partial charge in [-0.1, -0.05) is 30.3 Å². The van der Waals surface area contributed by atoms with Gasteiger partial charge >= 0.3 is 1.43 Å². The van der Waals surface area contributed by atoms with Gasteiger partial charge in [-0.3, -0.25) is 14.5 Å². The number of hydrogen-bond acceptors (Lipinski definition) is 3. The molecule has 0 saturated carbocycles. The van der Waals surface area contributed by atoms with Gasteiger partial charge in [0.25, 0.3) is 5.91 Å². The molecular weight excluding hydrogens is 302 g/mol. The molecule has 0 spiro atoms. The van der Waals surface area contributed by atoms with Gasteiger partial charge in [-0.15, -0.1) is 0 Å². The zero-order chi connectivity index (χ0) is 14.8. The summed E-state index contributed by atoms with van der Waals surface area (Å²) < 4.78 is 1.82. The van der Waals surface area contributed by atoms with Gasteiger partial charge in [0.2, 0.25) is 5.91 Å². The molecule has 3 rings (SSSR count). The van der Waals surface area contributed by atoms with Gasteiger partial charge in [0.05, 0.1) is 18.6 Å². The fraction of sp³-hybridized carbons (Fsp3) is 0.312. The zero-order valence-electron chi connectivity index (χ0n) is 13.3. The molecule has 5 nitrogen and oxygen atoms in total. The van der Waals surface area contributed by atoms with Crippen molar-refractivity contribution in [2.24, 2.45) is 0 Å². The Kier molecular flexibility index (Phi) is 4.98. The monoisotopic (exact) mass is 319 g/mol. The van der Waals surface area contributed by atoms with Gasteiger partial charge in [-0.25, -0.2) is 4.98 Å². The lowest BCUT2D eigenvalue weighted by molar-refractivity contribution is -0.125. The van der Waals surface area contributed by atoms with Crippen LogP contribution >= 0.6 is 0 Å². The number of imide groups is 1. The molecule has 1 aliphatic rings. The van der Waals surface area contributed by atoms with Crippen molar-refractivity contribution < 1.29 is 23.4 Å². The lowest BCUT2D eigenvalue weighted by Crippen LogP contribution is -3.00. The van der Waals surface area contributed by atoms with Crippen molar-refractivity contribution in [1.82, 2.24) is 14.5 Å². The van der Waals surface area contributed by atoms with E-state index in [1.54, 1.807) is 6.33 Å². The molecule has 1 unspecified atom stereocenters. The first-order valence-electron chi connectivity index (χ1n) is 7.10. The van der Waals surface area contributed by atoms with Crippen molar-refractivity contribution in [3.63, 3.8) is 0 Å². The molecule has 1 saturated heterocycles. The van der Waals surface area contributed by atoms with E-state index >= 15 is 0 Å². The fourth-order valence-electron chi connectivity index (χ4n) is 2.67. The Morgan fingerprint density at radius 2 is 2.05 bits per heavy atom. The number of halogens is 1. The van der Waals surface area contributed by atoms with Gasteiger partial charge in [0, 0.05) is 13.0 Å². The van der Waals surface area contributed by atoms with Crippen LogP contribution in [0.3, 0.4) is 0 Å². The highest BCUT2D eigenvalue weighted by Crippen LogP contribution is 2.21. The topological polar surface area (TPSA) is 55.2 Å². The van der Waals surface area contributed by atoms with E-state index in [9.17, 15) is 9.59 Å². The molecule has 22 heavy (non-hydrogen) atoms. The SMILES string of the molecule is CC(c1ccccc1)n1cncc1C(=O)N1CCCC1=O.[Cl-].[H+]. The quantitative estimate of drug-likeness (QED) is 0.708. The van der Waals surface area contributed by atoms with E-state index in [-0.39, 0.29) is 31.7 Å². The molecule has 2 heterocycles. The largest absolute Gasteiger partial charge is 1.00 e. The maximum atomic E-state index is 12.5. The van der Waals surface area contributed by atoms with Crippen LogP contribution in [-0.4, -0.2) is 32.8 Å². The molecule has 1 aliphatic heterocycles. The molecular formula is C16H18ClN3O2. The van der Waals surface area contributed by atoms with Crippen LogP contribution in [0.15, 0.2) is 42.9 Å². The third-order valence-corrected chi connectivity index (χ3v) is 3.90. The van der Waals surface area contributed by atoms with Crippen LogP contribution < -0.4 is 12.4 Å². The number of rotatable bonds is 3. The summed E-state index contributed by atoms with van der Waals surface area (Å²) in [5, 5.41) is 0. The summed E-state index contributed by atoms with van der Waals surface area (Å²) in [6.07, 6.45) is 4.37. The average Bonchev–Trinajstić information content (AvgIpc) is 3.15. The number of carbonyl (C=O) groups excluding carboxylic acids is 2. The Bertz CT molecular complexity index is 675. The van der Waals surface area contributed by atoms with Crippen molar-refractivity contribution in [1.29, 1.82) is 0 Å². The summed E-state index contributed by atoms with van der Waals surface area (Å²) in [6, 6.07) is 9.91. The third-order valence-electron chi connectivity index (χ3n) is 3.90. The molecule has 1 aromatic heterocycles. The average molecular weight is 320 g/mol. The maximum Gasteiger partial charge on any atom is 1.00 e. The summed E-state index contributed by atoms with van der Waals surface area (Å²) in [5.74, 6) is -0.349. The van der Waals surface area contributed by atoms with Crippen LogP contribution in [0.2, 0.25) is 0 Å². The van der Waals surface area contributed by atoms with Gasteiger partial charge < -0.3 is 17.0 Å². The van der Waals surface area contributed by atoms with Crippen LogP contribution in [0, 0.1) is 0 Å². The van der Waals surface area contributed by atoms with Gasteiger partial charge in [0.15, 0.2) is 0 Å². The maximum absolute atomic E-state index is 12.5. The van der Waals surface area contributed by atoms with Crippen LogP contribution in [0.4, 0.5) is 0 Å². The van der Waals surface area contributed by atoms with E-state index in [4.69, 9.17) is 0 Å². The summed E-state index contributed by atoms with van der Waals surface area (Å²) in [5.41, 5.74) is 1.55. The summed E-state index contributed by atoms with van der Waals surface area (Å²) >= 11 is 0. The molecule has 2 amide bonds. The predicted molar refractivity (Wildman–Crippen MR) is 78.9 cm³/mol. The van der Waals surface area contributed by atoms with Crippen molar-refractivity contribution in [3.8, 4) is 0 Å². The van der Waals surface area contributed by atoms with Crippen LogP contribution in [-0.2, 0) is 4.79 Å². The number of hydrogen-bond donors (Lipinski definition) is 0. The Balaban J connectivity index is 0.00000132. The second-order valence-corrected chi connectivity index (χ2v) is 5.23. The first-order valence-corrected chi connectivity index (χ1v) is 7.10. The molecule has 116 valence electrons. The van der Waals surface area contributed by atoms with E-state index < -0.39 is 0 Å². The number of carbonyl (C=O) groups is 2. The second-order valence-electron chi connectivity index (χ2n) is 5.23. The number of benzene rings is 1. The standard InChI is InChI=1S/C16H17N3O2.ClH/c1-12(13-6-3-2-4-7-13)19-11-17-10-14(19)16(21)18-9-5-8-15(18)20;/h2-4,6-7,10-12H,5,8-9H2,1H3;1H. The third kappa shape index (κ3) is 2.90. The Morgan fingerprint density at radius 1 is 1.32 bits per heavy atom. The number of aromatic nitrogens is 2. The molecule has 0 radical (unpaired) electrons. The summed E-state index contributed by atoms with van der Waals surface area (Å²) in [7, 11) is 0. The molecule has 6 heteroatoms. The Hall–Kier alpha value is -2.14. The van der Waals surface area contributed by atoms with Crippen LogP contribution in [0.1, 0.15) is 43.3 Å². The van der Waals surface area contributed by atoms with E-state index in [1.165, 1.54) is 11.1 Å². The predicted octanol–water partition coefficient (Wildman–Crippen LogP) is -0.628. The Morgan fingerprint density at radius 3 is 2.68 bits per heavy atom. The first-order chi connectivity index (χ1) is 10.2. The van der Waals surface area contributed by atoms with Gasteiger partial charge in [-0.2, -0.15) is 0 Å². The normalized spacial score (nSPS) is 15.5. The highest BCUT2D eigenvalue weighted by Gasteiger charge is 2.30. The van der Waals surface area contributed by atoms with Crippen molar-refractivity contribution in [2.75, 3.05) is 6.54 Å². The molecule has 1 fully saturated rings. The molecule has 1 atom stereocenters. The van der Waals surface area contributed by atoms with E-state index in [1.807, 2.05) is 41.8 Å². The number of nitrogens with zero attached hydrogens (tertiary/aromatic N) is 3. The highest BCUT2D eigenvalue weighted by atomic mass is 35.5. The molecule has 0 bridgehead atoms. The van der Waals surface area contributed by atoms with Crippen LogP contribution in [0.5, 0.6) is 0 Å². The molecule has 0 N–H and O–H groups in total. The smallest absolute Gasteiger partial charge is 1.00 e. The fourth-order valence-corrected chi connectivity index (χ4v) is 2.67. The highest BCUT2D eigenvalue weighted by molar-refractivity contribution is 6.04. The minimum atomic E-state index is -0.252. The molecule has 2 aromatic rings. The molecule has 0 aliphatic carbocycles.